The number of halogens is 1. The van der Waals surface area contributed by atoms with Crippen molar-refractivity contribution in [2.75, 3.05) is 11.1 Å². The summed E-state index contributed by atoms with van der Waals surface area (Å²) >= 11 is 0. The summed E-state index contributed by atoms with van der Waals surface area (Å²) in [4.78, 5) is 7.93. The molecule has 0 aliphatic carbocycles. The first kappa shape index (κ1) is 14.8. The third-order valence-corrected chi connectivity index (χ3v) is 3.41. The van der Waals surface area contributed by atoms with Crippen molar-refractivity contribution in [2.45, 2.75) is 6.92 Å². The summed E-state index contributed by atoms with van der Waals surface area (Å²) in [7, 11) is 0. The van der Waals surface area contributed by atoms with Crippen LogP contribution in [0.15, 0.2) is 48.7 Å². The van der Waals surface area contributed by atoms with Crippen molar-refractivity contribution in [3.8, 4) is 17.0 Å². The molecule has 3 aromatic rings. The van der Waals surface area contributed by atoms with Gasteiger partial charge in [0.1, 0.15) is 11.6 Å². The number of phenolic OH excluding ortho intramolecular Hbond substituents is 1. The molecule has 0 aliphatic heterocycles. The smallest absolute Gasteiger partial charge is 0.220 e. The molecule has 116 valence electrons. The van der Waals surface area contributed by atoms with Crippen molar-refractivity contribution < 1.29 is 9.50 Å². The standard InChI is InChI=1S/C17H15FN4O/c1-10-2-3-12(9-14(10)18)21-11-4-5-16(23)13(8-11)15-6-7-20-17(19)22-15/h2-9,21,23H,1H3,(H2,19,20,22). The van der Waals surface area contributed by atoms with Crippen LogP contribution in [0.4, 0.5) is 21.7 Å². The van der Waals surface area contributed by atoms with Crippen molar-refractivity contribution in [3.63, 3.8) is 0 Å². The fraction of sp³-hybridized carbons (Fsp3) is 0.0588. The first-order valence-corrected chi connectivity index (χ1v) is 6.98. The van der Waals surface area contributed by atoms with Gasteiger partial charge in [0.25, 0.3) is 0 Å². The molecule has 0 radical (unpaired) electrons. The minimum absolute atomic E-state index is 0.0729. The van der Waals surface area contributed by atoms with Crippen molar-refractivity contribution >= 4 is 17.3 Å². The second kappa shape index (κ2) is 5.92. The maximum atomic E-state index is 13.6. The number of hydrogen-bond donors (Lipinski definition) is 3. The zero-order valence-corrected chi connectivity index (χ0v) is 12.4. The van der Waals surface area contributed by atoms with Crippen LogP contribution in [0.1, 0.15) is 5.56 Å². The van der Waals surface area contributed by atoms with Gasteiger partial charge in [0.05, 0.1) is 5.69 Å². The molecule has 23 heavy (non-hydrogen) atoms. The SMILES string of the molecule is Cc1ccc(Nc2ccc(O)c(-c3ccnc(N)n3)c2)cc1F. The predicted molar refractivity (Wildman–Crippen MR) is 88.0 cm³/mol. The van der Waals surface area contributed by atoms with E-state index in [-0.39, 0.29) is 17.5 Å². The zero-order valence-electron chi connectivity index (χ0n) is 12.4. The Hall–Kier alpha value is -3.15. The van der Waals surface area contributed by atoms with Gasteiger partial charge < -0.3 is 16.2 Å². The van der Waals surface area contributed by atoms with Gasteiger partial charge in [-0.3, -0.25) is 0 Å². The molecule has 0 fully saturated rings. The summed E-state index contributed by atoms with van der Waals surface area (Å²) in [6.45, 7) is 1.71. The van der Waals surface area contributed by atoms with Gasteiger partial charge in [-0.25, -0.2) is 14.4 Å². The van der Waals surface area contributed by atoms with Gasteiger partial charge in [-0.2, -0.15) is 0 Å². The molecule has 0 spiro atoms. The summed E-state index contributed by atoms with van der Waals surface area (Å²) in [6.07, 6.45) is 1.52. The number of hydrogen-bond acceptors (Lipinski definition) is 5. The molecule has 0 unspecified atom stereocenters. The Labute approximate surface area is 132 Å². The lowest BCUT2D eigenvalue weighted by Gasteiger charge is -2.11. The molecule has 0 saturated carbocycles. The van der Waals surface area contributed by atoms with E-state index in [1.165, 1.54) is 12.3 Å². The third kappa shape index (κ3) is 3.21. The summed E-state index contributed by atoms with van der Waals surface area (Å²) in [5.41, 5.74) is 8.49. The Morgan fingerprint density at radius 3 is 2.57 bits per heavy atom. The Kier molecular flexibility index (Phi) is 3.80. The zero-order chi connectivity index (χ0) is 16.4. The molecule has 0 bridgehead atoms. The van der Waals surface area contributed by atoms with E-state index in [1.54, 1.807) is 43.3 Å². The van der Waals surface area contributed by atoms with Crippen LogP contribution < -0.4 is 11.1 Å². The molecule has 0 aliphatic rings. The van der Waals surface area contributed by atoms with Gasteiger partial charge in [0, 0.05) is 23.1 Å². The summed E-state index contributed by atoms with van der Waals surface area (Å²) in [5, 5.41) is 13.1. The molecule has 5 nitrogen and oxygen atoms in total. The van der Waals surface area contributed by atoms with Crippen LogP contribution >= 0.6 is 0 Å². The van der Waals surface area contributed by atoms with E-state index >= 15 is 0 Å². The Morgan fingerprint density at radius 2 is 1.83 bits per heavy atom. The van der Waals surface area contributed by atoms with Gasteiger partial charge in [-0.05, 0) is 48.9 Å². The topological polar surface area (TPSA) is 84.1 Å². The number of phenols is 1. The van der Waals surface area contributed by atoms with Crippen molar-refractivity contribution in [3.05, 3.63) is 60.0 Å². The van der Waals surface area contributed by atoms with Crippen LogP contribution in [0.25, 0.3) is 11.3 Å². The Balaban J connectivity index is 1.95. The molecule has 0 atom stereocenters. The molecule has 4 N–H and O–H groups in total. The van der Waals surface area contributed by atoms with Gasteiger partial charge in [0.15, 0.2) is 0 Å². The predicted octanol–water partition coefficient (Wildman–Crippen LogP) is 3.62. The maximum absolute atomic E-state index is 13.6. The summed E-state index contributed by atoms with van der Waals surface area (Å²) < 4.78 is 13.6. The van der Waals surface area contributed by atoms with Crippen molar-refractivity contribution in [1.82, 2.24) is 9.97 Å². The first-order chi connectivity index (χ1) is 11.0. The average molecular weight is 310 g/mol. The highest BCUT2D eigenvalue weighted by molar-refractivity contribution is 5.74. The average Bonchev–Trinajstić information content (AvgIpc) is 2.53. The van der Waals surface area contributed by atoms with Crippen LogP contribution in [0, 0.1) is 12.7 Å². The number of rotatable bonds is 3. The number of nitrogen functional groups attached to an aromatic ring is 1. The largest absolute Gasteiger partial charge is 0.507 e. The lowest BCUT2D eigenvalue weighted by Crippen LogP contribution is -1.96. The van der Waals surface area contributed by atoms with E-state index in [9.17, 15) is 9.50 Å². The lowest BCUT2D eigenvalue weighted by molar-refractivity contribution is 0.477. The maximum Gasteiger partial charge on any atom is 0.220 e. The number of nitrogens with two attached hydrogens (primary N) is 1. The van der Waals surface area contributed by atoms with Gasteiger partial charge in [-0.1, -0.05) is 6.07 Å². The number of anilines is 3. The quantitative estimate of drug-likeness (QED) is 0.643. The molecular formula is C17H15FN4O. The van der Waals surface area contributed by atoms with E-state index in [1.807, 2.05) is 0 Å². The van der Waals surface area contributed by atoms with Crippen LogP contribution in [0.5, 0.6) is 5.75 Å². The van der Waals surface area contributed by atoms with Crippen LogP contribution in [0.2, 0.25) is 0 Å². The Morgan fingerprint density at radius 1 is 1.09 bits per heavy atom. The Bertz CT molecular complexity index is 867. The van der Waals surface area contributed by atoms with Gasteiger partial charge in [-0.15, -0.1) is 0 Å². The van der Waals surface area contributed by atoms with Crippen molar-refractivity contribution in [2.24, 2.45) is 0 Å². The normalized spacial score (nSPS) is 10.5. The second-order valence-electron chi connectivity index (χ2n) is 5.12. The summed E-state index contributed by atoms with van der Waals surface area (Å²) in [6, 6.07) is 11.5. The lowest BCUT2D eigenvalue weighted by atomic mass is 10.1. The van der Waals surface area contributed by atoms with Gasteiger partial charge >= 0.3 is 0 Å². The van der Waals surface area contributed by atoms with Crippen LogP contribution in [-0.4, -0.2) is 15.1 Å². The molecular weight excluding hydrogens is 295 g/mol. The number of benzene rings is 2. The van der Waals surface area contributed by atoms with Crippen LogP contribution in [-0.2, 0) is 0 Å². The fourth-order valence-corrected chi connectivity index (χ4v) is 2.18. The summed E-state index contributed by atoms with van der Waals surface area (Å²) in [5.74, 6) is -0.0813. The third-order valence-electron chi connectivity index (χ3n) is 3.41. The molecule has 1 heterocycles. The minimum Gasteiger partial charge on any atom is -0.507 e. The van der Waals surface area contributed by atoms with Crippen LogP contribution in [0.3, 0.4) is 0 Å². The minimum atomic E-state index is -0.280. The highest BCUT2D eigenvalue weighted by Crippen LogP contribution is 2.31. The fourth-order valence-electron chi connectivity index (χ4n) is 2.18. The first-order valence-electron chi connectivity index (χ1n) is 6.98. The molecule has 1 aromatic heterocycles. The molecule has 0 saturated heterocycles. The monoisotopic (exact) mass is 310 g/mol. The highest BCUT2D eigenvalue weighted by Gasteiger charge is 2.08. The molecule has 6 heteroatoms. The van der Waals surface area contributed by atoms with Crippen molar-refractivity contribution in [1.29, 1.82) is 0 Å². The van der Waals surface area contributed by atoms with E-state index < -0.39 is 0 Å². The highest BCUT2D eigenvalue weighted by atomic mass is 19.1. The number of nitrogens with one attached hydrogen (secondary N) is 1. The number of aromatic nitrogens is 2. The number of nitrogens with zero attached hydrogens (tertiary/aromatic N) is 2. The van der Waals surface area contributed by atoms with E-state index in [0.29, 0.717) is 28.2 Å². The van der Waals surface area contributed by atoms with E-state index in [4.69, 9.17) is 5.73 Å². The van der Waals surface area contributed by atoms with E-state index in [2.05, 4.69) is 15.3 Å². The van der Waals surface area contributed by atoms with Gasteiger partial charge in [0.2, 0.25) is 5.95 Å². The van der Waals surface area contributed by atoms with E-state index in [0.717, 1.165) is 0 Å². The molecule has 3 rings (SSSR count). The number of aromatic hydroxyl groups is 1. The molecule has 2 aromatic carbocycles. The number of aryl methyl sites for hydroxylation is 1. The second-order valence-corrected chi connectivity index (χ2v) is 5.12. The molecule has 0 amide bonds.